The number of hydrogen-bond donors (Lipinski definition) is 2. The van der Waals surface area contributed by atoms with Crippen LogP contribution < -0.4 is 15.4 Å². The van der Waals surface area contributed by atoms with Crippen LogP contribution in [0.5, 0.6) is 5.75 Å². The number of hydrogen-bond acceptors (Lipinski definition) is 7. The summed E-state index contributed by atoms with van der Waals surface area (Å²) in [4.78, 5) is 22.4. The van der Waals surface area contributed by atoms with Crippen LogP contribution in [-0.4, -0.2) is 53.6 Å². The SMILES string of the molecule is CC(=O)Nc1ccc(OCCN2CCO[C@@H](c3ccc(Nc4ncccc4C)cn3)C2)cc1. The van der Waals surface area contributed by atoms with Gasteiger partial charge in [0, 0.05) is 38.4 Å². The molecule has 2 N–H and O–H groups in total. The zero-order valence-corrected chi connectivity index (χ0v) is 19.0. The van der Waals surface area contributed by atoms with Crippen molar-refractivity contribution in [1.82, 2.24) is 14.9 Å². The third kappa shape index (κ3) is 6.50. The van der Waals surface area contributed by atoms with E-state index in [4.69, 9.17) is 9.47 Å². The van der Waals surface area contributed by atoms with Crippen LogP contribution in [0.15, 0.2) is 60.9 Å². The highest BCUT2D eigenvalue weighted by Crippen LogP contribution is 2.23. The number of aromatic nitrogens is 2. The summed E-state index contributed by atoms with van der Waals surface area (Å²) in [5, 5.41) is 6.05. The van der Waals surface area contributed by atoms with Crippen LogP contribution in [0.25, 0.3) is 0 Å². The number of aryl methyl sites for hydroxylation is 1. The van der Waals surface area contributed by atoms with Crippen molar-refractivity contribution < 1.29 is 14.3 Å². The molecule has 2 aromatic heterocycles. The molecule has 8 heteroatoms. The Balaban J connectivity index is 1.26. The Kier molecular flexibility index (Phi) is 7.49. The fourth-order valence-corrected chi connectivity index (χ4v) is 3.64. The van der Waals surface area contributed by atoms with Crippen molar-refractivity contribution in [3.05, 3.63) is 72.2 Å². The maximum atomic E-state index is 11.1. The lowest BCUT2D eigenvalue weighted by molar-refractivity contribution is -0.114. The molecule has 0 spiro atoms. The highest BCUT2D eigenvalue weighted by molar-refractivity contribution is 5.88. The number of nitrogens with zero attached hydrogens (tertiary/aromatic N) is 3. The third-order valence-electron chi connectivity index (χ3n) is 5.39. The van der Waals surface area contributed by atoms with Crippen LogP contribution in [-0.2, 0) is 9.53 Å². The Morgan fingerprint density at radius 2 is 1.97 bits per heavy atom. The van der Waals surface area contributed by atoms with Crippen molar-refractivity contribution in [3.63, 3.8) is 0 Å². The van der Waals surface area contributed by atoms with Gasteiger partial charge in [0.2, 0.25) is 5.91 Å². The van der Waals surface area contributed by atoms with Crippen LogP contribution >= 0.6 is 0 Å². The summed E-state index contributed by atoms with van der Waals surface area (Å²) < 4.78 is 11.8. The summed E-state index contributed by atoms with van der Waals surface area (Å²) in [6, 6.07) is 15.3. The second-order valence-corrected chi connectivity index (χ2v) is 7.98. The van der Waals surface area contributed by atoms with Gasteiger partial charge >= 0.3 is 0 Å². The number of amides is 1. The molecule has 0 radical (unpaired) electrons. The van der Waals surface area contributed by atoms with Gasteiger partial charge in [-0.25, -0.2) is 4.98 Å². The first-order valence-corrected chi connectivity index (χ1v) is 11.1. The normalized spacial score (nSPS) is 16.2. The average Bonchev–Trinajstić information content (AvgIpc) is 2.82. The molecule has 1 aliphatic rings. The van der Waals surface area contributed by atoms with Crippen molar-refractivity contribution in [2.24, 2.45) is 0 Å². The standard InChI is InChI=1S/C25H29N5O3/c1-18-4-3-11-26-25(18)29-21-7-10-23(27-16-21)24-17-30(13-15-33-24)12-14-32-22-8-5-20(6-9-22)28-19(2)31/h3-11,16,24H,12-15,17H2,1-2H3,(H,26,29)(H,28,31)/t24-/m1/s1. The van der Waals surface area contributed by atoms with E-state index >= 15 is 0 Å². The molecule has 0 bridgehead atoms. The fraction of sp³-hybridized carbons (Fsp3) is 0.320. The molecule has 33 heavy (non-hydrogen) atoms. The Morgan fingerprint density at radius 1 is 1.15 bits per heavy atom. The first-order valence-electron chi connectivity index (χ1n) is 11.1. The predicted octanol–water partition coefficient (Wildman–Crippen LogP) is 3.94. The maximum absolute atomic E-state index is 11.1. The number of ether oxygens (including phenoxy) is 2. The Hall–Kier alpha value is -3.49. The number of anilines is 3. The molecule has 1 aromatic carbocycles. The third-order valence-corrected chi connectivity index (χ3v) is 5.39. The Morgan fingerprint density at radius 3 is 2.70 bits per heavy atom. The number of carbonyl (C=O) groups is 1. The monoisotopic (exact) mass is 447 g/mol. The molecule has 4 rings (SSSR count). The lowest BCUT2D eigenvalue weighted by Crippen LogP contribution is -2.40. The molecule has 0 unspecified atom stereocenters. The van der Waals surface area contributed by atoms with Crippen molar-refractivity contribution in [2.45, 2.75) is 20.0 Å². The molecule has 172 valence electrons. The summed E-state index contributed by atoms with van der Waals surface area (Å²) in [6.07, 6.45) is 3.52. The van der Waals surface area contributed by atoms with E-state index in [2.05, 4.69) is 25.5 Å². The lowest BCUT2D eigenvalue weighted by Gasteiger charge is -2.32. The molecule has 3 heterocycles. The van der Waals surface area contributed by atoms with Gasteiger partial charge in [0.05, 0.1) is 24.2 Å². The van der Waals surface area contributed by atoms with Crippen molar-refractivity contribution in [1.29, 1.82) is 0 Å². The van der Waals surface area contributed by atoms with E-state index in [1.165, 1.54) is 6.92 Å². The number of pyridine rings is 2. The van der Waals surface area contributed by atoms with Crippen molar-refractivity contribution in [3.8, 4) is 5.75 Å². The quantitative estimate of drug-likeness (QED) is 0.541. The molecule has 0 aliphatic carbocycles. The van der Waals surface area contributed by atoms with Gasteiger partial charge < -0.3 is 20.1 Å². The van der Waals surface area contributed by atoms with Crippen molar-refractivity contribution in [2.75, 3.05) is 43.5 Å². The second kappa shape index (κ2) is 10.9. The van der Waals surface area contributed by atoms with Gasteiger partial charge in [-0.15, -0.1) is 0 Å². The van der Waals surface area contributed by atoms with Gasteiger partial charge in [-0.1, -0.05) is 6.07 Å². The molecule has 1 amide bonds. The highest BCUT2D eigenvalue weighted by Gasteiger charge is 2.23. The first kappa shape index (κ1) is 22.7. The van der Waals surface area contributed by atoms with Gasteiger partial charge in [0.25, 0.3) is 0 Å². The van der Waals surface area contributed by atoms with E-state index < -0.39 is 0 Å². The molecule has 1 atom stereocenters. The van der Waals surface area contributed by atoms with E-state index in [1.54, 1.807) is 6.20 Å². The second-order valence-electron chi connectivity index (χ2n) is 7.98. The van der Waals surface area contributed by atoms with Crippen LogP contribution in [0, 0.1) is 6.92 Å². The minimum absolute atomic E-state index is 0.0682. The smallest absolute Gasteiger partial charge is 0.221 e. The van der Waals surface area contributed by atoms with Gasteiger partial charge in [0.15, 0.2) is 0 Å². The predicted molar refractivity (Wildman–Crippen MR) is 128 cm³/mol. The van der Waals surface area contributed by atoms with E-state index in [0.717, 1.165) is 53.8 Å². The minimum Gasteiger partial charge on any atom is -0.492 e. The van der Waals surface area contributed by atoms with E-state index in [1.807, 2.05) is 61.7 Å². The van der Waals surface area contributed by atoms with Crippen LogP contribution in [0.3, 0.4) is 0 Å². The van der Waals surface area contributed by atoms with Gasteiger partial charge in [-0.05, 0) is 55.0 Å². The Labute approximate surface area is 194 Å². The molecule has 0 saturated carbocycles. The van der Waals surface area contributed by atoms with Crippen molar-refractivity contribution >= 4 is 23.1 Å². The van der Waals surface area contributed by atoms with Gasteiger partial charge in [-0.2, -0.15) is 0 Å². The average molecular weight is 448 g/mol. The highest BCUT2D eigenvalue weighted by atomic mass is 16.5. The molecular weight excluding hydrogens is 418 g/mol. The maximum Gasteiger partial charge on any atom is 0.221 e. The number of carbonyl (C=O) groups excluding carboxylic acids is 1. The number of nitrogens with one attached hydrogen (secondary N) is 2. The molecule has 1 fully saturated rings. The molecular formula is C25H29N5O3. The number of benzene rings is 1. The molecule has 1 saturated heterocycles. The van der Waals surface area contributed by atoms with Gasteiger partial charge in [0.1, 0.15) is 24.3 Å². The van der Waals surface area contributed by atoms with E-state index in [-0.39, 0.29) is 12.0 Å². The van der Waals surface area contributed by atoms with Gasteiger partial charge in [-0.3, -0.25) is 14.7 Å². The van der Waals surface area contributed by atoms with Crippen LogP contribution in [0.4, 0.5) is 17.2 Å². The molecule has 8 nitrogen and oxygen atoms in total. The largest absolute Gasteiger partial charge is 0.492 e. The van der Waals surface area contributed by atoms with Crippen LogP contribution in [0.2, 0.25) is 0 Å². The summed E-state index contributed by atoms with van der Waals surface area (Å²) in [5.41, 5.74) is 3.65. The summed E-state index contributed by atoms with van der Waals surface area (Å²) >= 11 is 0. The van der Waals surface area contributed by atoms with Crippen LogP contribution in [0.1, 0.15) is 24.3 Å². The van der Waals surface area contributed by atoms with E-state index in [9.17, 15) is 4.79 Å². The fourth-order valence-electron chi connectivity index (χ4n) is 3.64. The first-order chi connectivity index (χ1) is 16.1. The summed E-state index contributed by atoms with van der Waals surface area (Å²) in [7, 11) is 0. The number of morpholine rings is 1. The summed E-state index contributed by atoms with van der Waals surface area (Å²) in [6.45, 7) is 7.17. The minimum atomic E-state index is -0.0887. The summed E-state index contributed by atoms with van der Waals surface area (Å²) in [5.74, 6) is 1.52. The molecule has 3 aromatic rings. The topological polar surface area (TPSA) is 88.6 Å². The van der Waals surface area contributed by atoms with E-state index in [0.29, 0.717) is 13.2 Å². The molecule has 1 aliphatic heterocycles. The lowest BCUT2D eigenvalue weighted by atomic mass is 10.2. The zero-order chi connectivity index (χ0) is 23.0. The zero-order valence-electron chi connectivity index (χ0n) is 19.0. The Bertz CT molecular complexity index is 1060. The number of rotatable bonds is 8.